The van der Waals surface area contributed by atoms with E-state index in [9.17, 15) is 9.59 Å². The van der Waals surface area contributed by atoms with Crippen LogP contribution in [0.15, 0.2) is 22.7 Å². The molecule has 3 nitrogen and oxygen atoms in total. The van der Waals surface area contributed by atoms with Crippen LogP contribution in [0.1, 0.15) is 30.4 Å². The van der Waals surface area contributed by atoms with Gasteiger partial charge in [-0.05, 0) is 24.1 Å². The number of halogens is 1. The summed E-state index contributed by atoms with van der Waals surface area (Å²) in [4.78, 5) is 23.1. The van der Waals surface area contributed by atoms with Crippen LogP contribution < -0.4 is 5.32 Å². The maximum Gasteiger partial charge on any atom is 0.230 e. The van der Waals surface area contributed by atoms with Crippen LogP contribution >= 0.6 is 15.9 Å². The molecule has 1 aromatic carbocycles. The van der Waals surface area contributed by atoms with Crippen molar-refractivity contribution >= 4 is 27.7 Å². The quantitative estimate of drug-likeness (QED) is 0.809. The smallest absolute Gasteiger partial charge is 0.230 e. The van der Waals surface area contributed by atoms with Crippen molar-refractivity contribution in [1.82, 2.24) is 5.32 Å². The number of carbonyl (C=O) groups is 2. The van der Waals surface area contributed by atoms with Gasteiger partial charge in [-0.15, -0.1) is 0 Å². The lowest BCUT2D eigenvalue weighted by Crippen LogP contribution is -2.43. The highest BCUT2D eigenvalue weighted by molar-refractivity contribution is 9.10. The molecule has 1 heterocycles. The first kappa shape index (κ1) is 12.3. The van der Waals surface area contributed by atoms with Crippen molar-refractivity contribution in [3.63, 3.8) is 0 Å². The van der Waals surface area contributed by atoms with E-state index in [1.165, 1.54) is 0 Å². The Kier molecular flexibility index (Phi) is 3.33. The third-order valence-electron chi connectivity index (χ3n) is 3.24. The number of hydrogen-bond donors (Lipinski definition) is 1. The predicted molar refractivity (Wildman–Crippen MR) is 68.6 cm³/mol. The zero-order valence-corrected chi connectivity index (χ0v) is 11.4. The first-order valence-corrected chi connectivity index (χ1v) is 6.38. The molecule has 1 N–H and O–H groups in total. The Morgan fingerprint density at radius 3 is 2.71 bits per heavy atom. The topological polar surface area (TPSA) is 46.2 Å². The van der Waals surface area contributed by atoms with E-state index in [0.717, 1.165) is 15.6 Å². The minimum atomic E-state index is -0.189. The number of piperidine rings is 1. The van der Waals surface area contributed by atoms with Gasteiger partial charge in [0.05, 0.1) is 0 Å². The first-order chi connectivity index (χ1) is 7.99. The van der Waals surface area contributed by atoms with E-state index in [1.807, 2.05) is 32.0 Å². The van der Waals surface area contributed by atoms with E-state index in [0.29, 0.717) is 6.42 Å². The largest absolute Gasteiger partial charge is 0.296 e. The Morgan fingerprint density at radius 2 is 2.06 bits per heavy atom. The summed E-state index contributed by atoms with van der Waals surface area (Å²) in [6.45, 7) is 3.87. The van der Waals surface area contributed by atoms with Crippen LogP contribution in [0, 0.1) is 12.8 Å². The number of rotatable bonds is 1. The van der Waals surface area contributed by atoms with Gasteiger partial charge < -0.3 is 0 Å². The summed E-state index contributed by atoms with van der Waals surface area (Å²) in [6, 6.07) is 6.01. The van der Waals surface area contributed by atoms with Crippen molar-refractivity contribution < 1.29 is 9.59 Å². The number of imide groups is 1. The molecule has 0 aliphatic carbocycles. The average Bonchev–Trinajstić information content (AvgIpc) is 2.24. The fourth-order valence-electron chi connectivity index (χ4n) is 2.17. The fourth-order valence-corrected chi connectivity index (χ4v) is 2.96. The van der Waals surface area contributed by atoms with E-state index in [4.69, 9.17) is 0 Å². The van der Waals surface area contributed by atoms with E-state index >= 15 is 0 Å². The number of aryl methyl sites for hydroxylation is 1. The second-order valence-electron chi connectivity index (χ2n) is 4.54. The van der Waals surface area contributed by atoms with E-state index < -0.39 is 0 Å². The lowest BCUT2D eigenvalue weighted by atomic mass is 9.81. The minimum Gasteiger partial charge on any atom is -0.296 e. The van der Waals surface area contributed by atoms with Gasteiger partial charge in [0.1, 0.15) is 0 Å². The second-order valence-corrected chi connectivity index (χ2v) is 5.39. The Labute approximate surface area is 109 Å². The summed E-state index contributed by atoms with van der Waals surface area (Å²) in [5.41, 5.74) is 2.19. The van der Waals surface area contributed by atoms with Crippen LogP contribution in [-0.2, 0) is 9.59 Å². The molecule has 2 atom stereocenters. The fraction of sp³-hybridized carbons (Fsp3) is 0.385. The molecule has 2 rings (SSSR count). The molecule has 1 fully saturated rings. The molecular weight excluding hydrogens is 282 g/mol. The van der Waals surface area contributed by atoms with E-state index in [1.54, 1.807) is 0 Å². The molecule has 1 aliphatic rings. The normalized spacial score (nSPS) is 24.6. The molecule has 0 saturated carbocycles. The molecule has 1 saturated heterocycles. The summed E-state index contributed by atoms with van der Waals surface area (Å²) >= 11 is 3.51. The predicted octanol–water partition coefficient (Wildman–Crippen LogP) is 2.52. The van der Waals surface area contributed by atoms with Crippen molar-refractivity contribution in [2.75, 3.05) is 0 Å². The SMILES string of the molecule is Cc1ccc(C2CC(=O)NC(=O)C2C)c(Br)c1. The summed E-state index contributed by atoms with van der Waals surface area (Å²) in [6.07, 6.45) is 0.370. The monoisotopic (exact) mass is 295 g/mol. The van der Waals surface area contributed by atoms with Crippen molar-refractivity contribution in [2.45, 2.75) is 26.2 Å². The van der Waals surface area contributed by atoms with Crippen molar-refractivity contribution in [3.8, 4) is 0 Å². The number of amides is 2. The summed E-state index contributed by atoms with van der Waals surface area (Å²) in [7, 11) is 0. The molecule has 2 amide bonds. The standard InChI is InChI=1S/C13H14BrNO2/c1-7-3-4-9(11(14)5-7)10-6-12(16)15-13(17)8(10)2/h3-5,8,10H,6H2,1-2H3,(H,15,16,17). The Balaban J connectivity index is 2.37. The summed E-state index contributed by atoms with van der Waals surface area (Å²) in [5, 5.41) is 2.37. The van der Waals surface area contributed by atoms with Crippen LogP contribution in [0.25, 0.3) is 0 Å². The molecule has 17 heavy (non-hydrogen) atoms. The van der Waals surface area contributed by atoms with Gasteiger partial charge in [0, 0.05) is 22.7 Å². The third kappa shape index (κ3) is 2.41. The van der Waals surface area contributed by atoms with Crippen molar-refractivity contribution in [3.05, 3.63) is 33.8 Å². The van der Waals surface area contributed by atoms with Gasteiger partial charge in [0.25, 0.3) is 0 Å². The van der Waals surface area contributed by atoms with Crippen molar-refractivity contribution in [2.24, 2.45) is 5.92 Å². The number of hydrogen-bond acceptors (Lipinski definition) is 2. The summed E-state index contributed by atoms with van der Waals surface area (Å²) < 4.78 is 0.969. The van der Waals surface area contributed by atoms with Gasteiger partial charge in [-0.2, -0.15) is 0 Å². The zero-order chi connectivity index (χ0) is 12.6. The average molecular weight is 296 g/mol. The molecule has 1 aliphatic heterocycles. The maximum atomic E-state index is 11.6. The van der Waals surface area contributed by atoms with Gasteiger partial charge in [-0.25, -0.2) is 0 Å². The molecule has 0 radical (unpaired) electrons. The van der Waals surface area contributed by atoms with E-state index in [-0.39, 0.29) is 23.7 Å². The van der Waals surface area contributed by atoms with Crippen molar-refractivity contribution in [1.29, 1.82) is 0 Å². The Bertz CT molecular complexity index is 484. The highest BCUT2D eigenvalue weighted by atomic mass is 79.9. The molecule has 90 valence electrons. The molecule has 0 spiro atoms. The van der Waals surface area contributed by atoms with Crippen LogP contribution in [0.5, 0.6) is 0 Å². The molecule has 4 heteroatoms. The van der Waals surface area contributed by atoms with Gasteiger partial charge >= 0.3 is 0 Å². The third-order valence-corrected chi connectivity index (χ3v) is 3.93. The van der Waals surface area contributed by atoms with Crippen LogP contribution in [0.4, 0.5) is 0 Å². The molecular formula is C13H14BrNO2. The highest BCUT2D eigenvalue weighted by Gasteiger charge is 2.34. The van der Waals surface area contributed by atoms with E-state index in [2.05, 4.69) is 21.2 Å². The Morgan fingerprint density at radius 1 is 1.35 bits per heavy atom. The van der Waals surface area contributed by atoms with Gasteiger partial charge in [-0.3, -0.25) is 14.9 Å². The molecule has 0 aromatic heterocycles. The second kappa shape index (κ2) is 4.61. The molecule has 0 bridgehead atoms. The first-order valence-electron chi connectivity index (χ1n) is 5.59. The van der Waals surface area contributed by atoms with Gasteiger partial charge in [0.15, 0.2) is 0 Å². The molecule has 1 aromatic rings. The maximum absolute atomic E-state index is 11.6. The Hall–Kier alpha value is -1.16. The number of benzene rings is 1. The van der Waals surface area contributed by atoms with Crippen LogP contribution in [0.2, 0.25) is 0 Å². The van der Waals surface area contributed by atoms with Gasteiger partial charge in [0.2, 0.25) is 11.8 Å². The van der Waals surface area contributed by atoms with Gasteiger partial charge in [-0.1, -0.05) is 35.0 Å². The van der Waals surface area contributed by atoms with Crippen LogP contribution in [-0.4, -0.2) is 11.8 Å². The lowest BCUT2D eigenvalue weighted by Gasteiger charge is -2.28. The summed E-state index contributed by atoms with van der Waals surface area (Å²) in [5.74, 6) is -0.581. The lowest BCUT2D eigenvalue weighted by molar-refractivity contribution is -0.136. The number of nitrogens with one attached hydrogen (secondary N) is 1. The zero-order valence-electron chi connectivity index (χ0n) is 9.79. The number of carbonyl (C=O) groups excluding carboxylic acids is 2. The molecule has 2 unspecified atom stereocenters. The van der Waals surface area contributed by atoms with Crippen LogP contribution in [0.3, 0.4) is 0 Å². The highest BCUT2D eigenvalue weighted by Crippen LogP contribution is 2.35. The minimum absolute atomic E-state index is 0.0359.